The predicted octanol–water partition coefficient (Wildman–Crippen LogP) is 2.30. The molecule has 0 unspecified atom stereocenters. The second kappa shape index (κ2) is 4.20. The molecule has 80 valence electrons. The maximum absolute atomic E-state index is 11.4. The monoisotopic (exact) mass is 270 g/mol. The van der Waals surface area contributed by atoms with Crippen molar-refractivity contribution in [1.82, 2.24) is 5.48 Å². The minimum absolute atomic E-state index is 0.474. The zero-order chi connectivity index (χ0) is 10.8. The van der Waals surface area contributed by atoms with Crippen molar-refractivity contribution in [1.29, 1.82) is 0 Å². The van der Waals surface area contributed by atoms with Crippen LogP contribution in [0.1, 0.15) is 12.0 Å². The molecule has 1 aliphatic rings. The molecule has 0 aliphatic carbocycles. The molecule has 0 saturated heterocycles. The Labute approximate surface area is 96.0 Å². The first-order chi connectivity index (χ1) is 7.22. The van der Waals surface area contributed by atoms with E-state index in [4.69, 9.17) is 5.21 Å². The van der Waals surface area contributed by atoms with E-state index in [2.05, 4.69) is 15.9 Å². The van der Waals surface area contributed by atoms with Gasteiger partial charge in [-0.1, -0.05) is 15.9 Å². The fourth-order valence-corrected chi connectivity index (χ4v) is 2.25. The molecule has 0 bridgehead atoms. The van der Waals surface area contributed by atoms with E-state index in [1.54, 1.807) is 10.4 Å². The van der Waals surface area contributed by atoms with Crippen molar-refractivity contribution in [2.75, 3.05) is 11.4 Å². The molecular weight excluding hydrogens is 260 g/mol. The van der Waals surface area contributed by atoms with E-state index < -0.39 is 6.03 Å². The molecule has 0 fully saturated rings. The van der Waals surface area contributed by atoms with Crippen LogP contribution < -0.4 is 10.4 Å². The number of hydroxylamine groups is 1. The van der Waals surface area contributed by atoms with Gasteiger partial charge in [-0.15, -0.1) is 0 Å². The number of hydrogen-bond acceptors (Lipinski definition) is 2. The topological polar surface area (TPSA) is 52.6 Å². The summed E-state index contributed by atoms with van der Waals surface area (Å²) in [5.74, 6) is 0. The Balaban J connectivity index is 2.38. The first kappa shape index (κ1) is 10.4. The van der Waals surface area contributed by atoms with Crippen LogP contribution in [0.5, 0.6) is 0 Å². The van der Waals surface area contributed by atoms with Crippen molar-refractivity contribution in [3.05, 3.63) is 28.2 Å². The molecule has 0 saturated carbocycles. The SMILES string of the molecule is O=C(NO)N1CCCc2cc(Br)ccc21. The van der Waals surface area contributed by atoms with Gasteiger partial charge in [0.1, 0.15) is 0 Å². The van der Waals surface area contributed by atoms with Gasteiger partial charge in [0.2, 0.25) is 0 Å². The Kier molecular flexibility index (Phi) is 2.93. The van der Waals surface area contributed by atoms with Crippen LogP contribution >= 0.6 is 15.9 Å². The smallest absolute Gasteiger partial charge is 0.292 e. The van der Waals surface area contributed by atoms with Gasteiger partial charge in [-0.2, -0.15) is 0 Å². The van der Waals surface area contributed by atoms with Crippen LogP contribution in [0.2, 0.25) is 0 Å². The van der Waals surface area contributed by atoms with E-state index in [9.17, 15) is 4.79 Å². The maximum Gasteiger partial charge on any atom is 0.345 e. The summed E-state index contributed by atoms with van der Waals surface area (Å²) < 4.78 is 1.01. The Morgan fingerprint density at radius 3 is 3.07 bits per heavy atom. The molecule has 0 radical (unpaired) electrons. The lowest BCUT2D eigenvalue weighted by Gasteiger charge is -2.28. The summed E-state index contributed by atoms with van der Waals surface area (Å²) in [6.07, 6.45) is 1.88. The molecule has 0 atom stereocenters. The zero-order valence-electron chi connectivity index (χ0n) is 8.03. The lowest BCUT2D eigenvalue weighted by molar-refractivity contribution is 0.166. The molecule has 15 heavy (non-hydrogen) atoms. The number of halogens is 1. The van der Waals surface area contributed by atoms with Crippen LogP contribution in [0.15, 0.2) is 22.7 Å². The second-order valence-electron chi connectivity index (χ2n) is 3.45. The van der Waals surface area contributed by atoms with Crippen LogP contribution in [-0.2, 0) is 6.42 Å². The minimum atomic E-state index is -0.474. The molecule has 4 nitrogen and oxygen atoms in total. The summed E-state index contributed by atoms with van der Waals surface area (Å²) in [4.78, 5) is 12.9. The summed E-state index contributed by atoms with van der Waals surface area (Å²) in [6.45, 7) is 0.640. The van der Waals surface area contributed by atoms with Crippen molar-refractivity contribution in [2.24, 2.45) is 0 Å². The van der Waals surface area contributed by atoms with Crippen LogP contribution in [0.3, 0.4) is 0 Å². The van der Waals surface area contributed by atoms with Crippen LogP contribution in [0.4, 0.5) is 10.5 Å². The minimum Gasteiger partial charge on any atom is -0.292 e. The van der Waals surface area contributed by atoms with E-state index in [0.717, 1.165) is 28.6 Å². The average Bonchev–Trinajstić information content (AvgIpc) is 2.26. The number of fused-ring (bicyclic) bond motifs is 1. The molecule has 1 aliphatic heterocycles. The number of anilines is 1. The third kappa shape index (κ3) is 1.98. The van der Waals surface area contributed by atoms with E-state index in [1.807, 2.05) is 18.2 Å². The zero-order valence-corrected chi connectivity index (χ0v) is 9.62. The fraction of sp³-hybridized carbons (Fsp3) is 0.300. The third-order valence-corrected chi connectivity index (χ3v) is 2.99. The van der Waals surface area contributed by atoms with Gasteiger partial charge >= 0.3 is 6.03 Å². The van der Waals surface area contributed by atoms with Gasteiger partial charge < -0.3 is 0 Å². The summed E-state index contributed by atoms with van der Waals surface area (Å²) in [6, 6.07) is 5.31. The normalized spacial score (nSPS) is 14.7. The standard InChI is InChI=1S/C10H11BrN2O2/c11-8-3-4-9-7(6-8)2-1-5-13(9)10(14)12-15/h3-4,6,15H,1-2,5H2,(H,12,14). The number of carbonyl (C=O) groups excluding carboxylic acids is 1. The largest absolute Gasteiger partial charge is 0.345 e. The molecule has 2 N–H and O–H groups in total. The van der Waals surface area contributed by atoms with Gasteiger partial charge in [-0.3, -0.25) is 10.1 Å². The molecule has 1 aromatic rings. The van der Waals surface area contributed by atoms with E-state index in [0.29, 0.717) is 6.54 Å². The predicted molar refractivity (Wildman–Crippen MR) is 60.1 cm³/mol. The van der Waals surface area contributed by atoms with Gasteiger partial charge in [-0.05, 0) is 36.6 Å². The van der Waals surface area contributed by atoms with E-state index >= 15 is 0 Å². The molecule has 2 rings (SSSR count). The number of amides is 2. The van der Waals surface area contributed by atoms with E-state index in [-0.39, 0.29) is 0 Å². The summed E-state index contributed by atoms with van der Waals surface area (Å²) in [5.41, 5.74) is 3.66. The van der Waals surface area contributed by atoms with Crippen molar-refractivity contribution in [3.63, 3.8) is 0 Å². The molecule has 0 spiro atoms. The van der Waals surface area contributed by atoms with Crippen LogP contribution in [0, 0.1) is 0 Å². The van der Waals surface area contributed by atoms with Gasteiger partial charge in [0.15, 0.2) is 0 Å². The number of rotatable bonds is 0. The highest BCUT2D eigenvalue weighted by Gasteiger charge is 2.21. The molecular formula is C10H11BrN2O2. The first-order valence-corrected chi connectivity index (χ1v) is 5.51. The highest BCUT2D eigenvalue weighted by molar-refractivity contribution is 9.10. The summed E-state index contributed by atoms with van der Waals surface area (Å²) >= 11 is 3.40. The van der Waals surface area contributed by atoms with Crippen LogP contribution in [-0.4, -0.2) is 17.8 Å². The van der Waals surface area contributed by atoms with Crippen molar-refractivity contribution in [3.8, 4) is 0 Å². The lowest BCUT2D eigenvalue weighted by Crippen LogP contribution is -2.41. The van der Waals surface area contributed by atoms with Crippen molar-refractivity contribution < 1.29 is 10.0 Å². The number of carbonyl (C=O) groups is 1. The van der Waals surface area contributed by atoms with Gasteiger partial charge in [0.05, 0.1) is 0 Å². The number of benzene rings is 1. The number of aryl methyl sites for hydroxylation is 1. The fourth-order valence-electron chi connectivity index (χ4n) is 1.84. The summed E-state index contributed by atoms with van der Waals surface area (Å²) in [5, 5.41) is 8.62. The Morgan fingerprint density at radius 2 is 2.33 bits per heavy atom. The summed E-state index contributed by atoms with van der Waals surface area (Å²) in [7, 11) is 0. The highest BCUT2D eigenvalue weighted by Crippen LogP contribution is 2.29. The third-order valence-electron chi connectivity index (χ3n) is 2.50. The van der Waals surface area contributed by atoms with Gasteiger partial charge in [0.25, 0.3) is 0 Å². The lowest BCUT2D eigenvalue weighted by atomic mass is 10.0. The van der Waals surface area contributed by atoms with Gasteiger partial charge in [-0.25, -0.2) is 10.3 Å². The first-order valence-electron chi connectivity index (χ1n) is 4.72. The number of nitrogens with zero attached hydrogens (tertiary/aromatic N) is 1. The highest BCUT2D eigenvalue weighted by atomic mass is 79.9. The number of urea groups is 1. The average molecular weight is 271 g/mol. The van der Waals surface area contributed by atoms with Gasteiger partial charge in [0, 0.05) is 16.7 Å². The molecule has 1 heterocycles. The molecule has 1 aromatic carbocycles. The van der Waals surface area contributed by atoms with E-state index in [1.165, 1.54) is 0 Å². The van der Waals surface area contributed by atoms with Crippen molar-refractivity contribution >= 4 is 27.6 Å². The second-order valence-corrected chi connectivity index (χ2v) is 4.36. The quantitative estimate of drug-likeness (QED) is 0.562. The van der Waals surface area contributed by atoms with Crippen molar-refractivity contribution in [2.45, 2.75) is 12.8 Å². The Hall–Kier alpha value is -1.07. The Bertz CT molecular complexity index is 395. The molecule has 2 amide bonds. The Morgan fingerprint density at radius 1 is 1.53 bits per heavy atom. The molecule has 5 heteroatoms. The van der Waals surface area contributed by atoms with Crippen LogP contribution in [0.25, 0.3) is 0 Å². The number of hydrogen-bond donors (Lipinski definition) is 2. The maximum atomic E-state index is 11.4. The molecule has 0 aromatic heterocycles. The number of nitrogens with one attached hydrogen (secondary N) is 1.